The summed E-state index contributed by atoms with van der Waals surface area (Å²) >= 11 is 1.07. The number of aromatic nitrogens is 1. The zero-order valence-corrected chi connectivity index (χ0v) is 16.3. The summed E-state index contributed by atoms with van der Waals surface area (Å²) in [5, 5.41) is 4.77. The number of hydrogen-bond donors (Lipinski definition) is 2. The Hall–Kier alpha value is -2.52. The number of carbonyl (C=O) groups excluding carboxylic acids is 1. The maximum Gasteiger partial charge on any atom is 0.319 e. The lowest BCUT2D eigenvalue weighted by atomic mass is 10.2. The van der Waals surface area contributed by atoms with E-state index in [0.717, 1.165) is 11.3 Å². The van der Waals surface area contributed by atoms with Crippen LogP contribution in [0.2, 0.25) is 0 Å². The predicted molar refractivity (Wildman–Crippen MR) is 104 cm³/mol. The summed E-state index contributed by atoms with van der Waals surface area (Å²) in [4.78, 5) is 16.2. The predicted octanol–water partition coefficient (Wildman–Crippen LogP) is 3.94. The summed E-state index contributed by atoms with van der Waals surface area (Å²) < 4.78 is 38.4. The first kappa shape index (κ1) is 19.2. The number of fused-ring (bicyclic) bond motifs is 1. The summed E-state index contributed by atoms with van der Waals surface area (Å²) in [5.41, 5.74) is 1.72. The van der Waals surface area contributed by atoms with E-state index < -0.39 is 21.1 Å². The van der Waals surface area contributed by atoms with E-state index in [-0.39, 0.29) is 16.7 Å². The van der Waals surface area contributed by atoms with E-state index >= 15 is 0 Å². The van der Waals surface area contributed by atoms with Gasteiger partial charge >= 0.3 is 6.03 Å². The van der Waals surface area contributed by atoms with Crippen molar-refractivity contribution in [2.24, 2.45) is 0 Å². The second-order valence-electron chi connectivity index (χ2n) is 6.19. The maximum absolute atomic E-state index is 13.1. The van der Waals surface area contributed by atoms with Crippen LogP contribution in [0.15, 0.2) is 46.8 Å². The molecule has 0 saturated carbocycles. The van der Waals surface area contributed by atoms with Crippen molar-refractivity contribution in [3.8, 4) is 0 Å². The highest BCUT2D eigenvalue weighted by Crippen LogP contribution is 2.29. The van der Waals surface area contributed by atoms with Crippen LogP contribution < -0.4 is 10.6 Å². The molecule has 0 spiro atoms. The molecule has 6 nitrogen and oxygen atoms in total. The average Bonchev–Trinajstić information content (AvgIpc) is 3.04. The van der Waals surface area contributed by atoms with E-state index in [0.29, 0.717) is 21.5 Å². The van der Waals surface area contributed by atoms with Crippen molar-refractivity contribution < 1.29 is 17.6 Å². The molecule has 3 aromatic rings. The van der Waals surface area contributed by atoms with Gasteiger partial charge in [0.2, 0.25) is 14.2 Å². The maximum atomic E-state index is 13.1. The van der Waals surface area contributed by atoms with Crippen molar-refractivity contribution in [1.29, 1.82) is 0 Å². The number of benzene rings is 2. The highest BCUT2D eigenvalue weighted by molar-refractivity contribution is 7.94. The van der Waals surface area contributed by atoms with Crippen LogP contribution >= 0.6 is 11.3 Å². The molecule has 0 saturated heterocycles. The molecule has 0 unspecified atom stereocenters. The minimum absolute atomic E-state index is 0.0696. The number of nitrogens with zero attached hydrogens (tertiary/aromatic N) is 1. The molecule has 9 heteroatoms. The molecule has 0 fully saturated rings. The number of nitrogens with one attached hydrogen (secondary N) is 2. The molecule has 0 atom stereocenters. The third kappa shape index (κ3) is 4.42. The van der Waals surface area contributed by atoms with Crippen molar-refractivity contribution in [2.75, 3.05) is 5.32 Å². The fourth-order valence-electron chi connectivity index (χ4n) is 2.31. The first-order chi connectivity index (χ1) is 12.8. The molecule has 2 aromatic carbocycles. The molecule has 1 aromatic heterocycles. The number of hydrogen-bond acceptors (Lipinski definition) is 5. The topological polar surface area (TPSA) is 88.2 Å². The molecule has 0 aliphatic rings. The molecule has 0 aliphatic carbocycles. The van der Waals surface area contributed by atoms with Gasteiger partial charge in [-0.25, -0.2) is 22.6 Å². The van der Waals surface area contributed by atoms with Crippen LogP contribution in [0.1, 0.15) is 19.4 Å². The lowest BCUT2D eigenvalue weighted by molar-refractivity contribution is 0.251. The van der Waals surface area contributed by atoms with E-state index in [1.54, 1.807) is 44.2 Å². The van der Waals surface area contributed by atoms with Gasteiger partial charge < -0.3 is 10.6 Å². The van der Waals surface area contributed by atoms with Crippen LogP contribution in [-0.2, 0) is 16.4 Å². The van der Waals surface area contributed by atoms with Crippen molar-refractivity contribution in [2.45, 2.75) is 30.0 Å². The number of anilines is 1. The largest absolute Gasteiger partial charge is 0.334 e. The SMILES string of the molecule is CC(C)S(=O)(=O)c1nc2ccc(NC(=O)NCc3cccc(F)c3)cc2s1. The van der Waals surface area contributed by atoms with Crippen molar-refractivity contribution in [1.82, 2.24) is 10.3 Å². The lowest BCUT2D eigenvalue weighted by Crippen LogP contribution is -2.28. The van der Waals surface area contributed by atoms with Crippen LogP contribution in [0.4, 0.5) is 14.9 Å². The Kier molecular flexibility index (Phi) is 5.43. The van der Waals surface area contributed by atoms with E-state index in [1.165, 1.54) is 12.1 Å². The number of halogens is 1. The summed E-state index contributed by atoms with van der Waals surface area (Å²) in [7, 11) is -3.44. The second-order valence-corrected chi connectivity index (χ2v) is 9.90. The highest BCUT2D eigenvalue weighted by atomic mass is 32.2. The molecule has 1 heterocycles. The monoisotopic (exact) mass is 407 g/mol. The molecular weight excluding hydrogens is 389 g/mol. The Bertz CT molecular complexity index is 1090. The third-order valence-electron chi connectivity index (χ3n) is 3.83. The Labute approximate surface area is 160 Å². The molecule has 2 N–H and O–H groups in total. The standard InChI is InChI=1S/C18H18FN3O3S2/c1-11(2)27(24,25)18-22-15-7-6-14(9-16(15)26-18)21-17(23)20-10-12-4-3-5-13(19)8-12/h3-9,11H,10H2,1-2H3,(H2,20,21,23). The Balaban J connectivity index is 1.71. The highest BCUT2D eigenvalue weighted by Gasteiger charge is 2.23. The zero-order valence-electron chi connectivity index (χ0n) is 14.7. The first-order valence-electron chi connectivity index (χ1n) is 8.19. The summed E-state index contributed by atoms with van der Waals surface area (Å²) in [6.45, 7) is 3.40. The van der Waals surface area contributed by atoms with Crippen molar-refractivity contribution in [3.63, 3.8) is 0 Å². The minimum atomic E-state index is -3.44. The van der Waals surface area contributed by atoms with Crippen LogP contribution in [0.3, 0.4) is 0 Å². The lowest BCUT2D eigenvalue weighted by Gasteiger charge is -2.07. The molecule has 2 amide bonds. The van der Waals surface area contributed by atoms with Gasteiger partial charge in [0, 0.05) is 12.2 Å². The summed E-state index contributed by atoms with van der Waals surface area (Å²) in [6, 6.07) is 10.5. The second kappa shape index (κ2) is 7.61. The van der Waals surface area contributed by atoms with Crippen LogP contribution in [-0.4, -0.2) is 24.7 Å². The number of rotatable bonds is 5. The van der Waals surface area contributed by atoms with Gasteiger partial charge in [-0.15, -0.1) is 11.3 Å². The summed E-state index contributed by atoms with van der Waals surface area (Å²) in [6.07, 6.45) is 0. The Morgan fingerprint density at radius 1 is 1.22 bits per heavy atom. The fourth-order valence-corrected chi connectivity index (χ4v) is 4.99. The molecule has 27 heavy (non-hydrogen) atoms. The van der Waals surface area contributed by atoms with E-state index in [4.69, 9.17) is 0 Å². The molecule has 0 radical (unpaired) electrons. The Morgan fingerprint density at radius 2 is 2.00 bits per heavy atom. The zero-order chi connectivity index (χ0) is 19.6. The van der Waals surface area contributed by atoms with Gasteiger partial charge in [-0.1, -0.05) is 12.1 Å². The smallest absolute Gasteiger partial charge is 0.319 e. The number of sulfone groups is 1. The normalized spacial score (nSPS) is 11.7. The number of carbonyl (C=O) groups is 1. The number of amides is 2. The van der Waals surface area contributed by atoms with Gasteiger partial charge in [-0.05, 0) is 49.7 Å². The third-order valence-corrected chi connectivity index (χ3v) is 7.41. The Morgan fingerprint density at radius 3 is 2.70 bits per heavy atom. The van der Waals surface area contributed by atoms with Gasteiger partial charge in [0.25, 0.3) is 0 Å². The van der Waals surface area contributed by atoms with Gasteiger partial charge in [0.15, 0.2) is 0 Å². The molecule has 3 rings (SSSR count). The van der Waals surface area contributed by atoms with E-state index in [9.17, 15) is 17.6 Å². The van der Waals surface area contributed by atoms with E-state index in [2.05, 4.69) is 15.6 Å². The van der Waals surface area contributed by atoms with Crippen LogP contribution in [0.5, 0.6) is 0 Å². The van der Waals surface area contributed by atoms with Crippen molar-refractivity contribution >= 4 is 43.1 Å². The van der Waals surface area contributed by atoms with Crippen molar-refractivity contribution in [3.05, 3.63) is 53.8 Å². The quantitative estimate of drug-likeness (QED) is 0.671. The molecule has 142 valence electrons. The van der Waals surface area contributed by atoms with E-state index in [1.807, 2.05) is 0 Å². The summed E-state index contributed by atoms with van der Waals surface area (Å²) in [5.74, 6) is -0.363. The number of thiazole rings is 1. The van der Waals surface area contributed by atoms with Gasteiger partial charge in [0.1, 0.15) is 5.82 Å². The minimum Gasteiger partial charge on any atom is -0.334 e. The first-order valence-corrected chi connectivity index (χ1v) is 10.6. The van der Waals surface area contributed by atoms with Crippen LogP contribution in [0, 0.1) is 5.82 Å². The molecular formula is C18H18FN3O3S2. The van der Waals surface area contributed by atoms with Gasteiger partial charge in [-0.3, -0.25) is 0 Å². The van der Waals surface area contributed by atoms with Gasteiger partial charge in [0.05, 0.1) is 15.5 Å². The van der Waals surface area contributed by atoms with Crippen LogP contribution in [0.25, 0.3) is 10.2 Å². The molecule has 0 aliphatic heterocycles. The number of urea groups is 1. The van der Waals surface area contributed by atoms with Gasteiger partial charge in [-0.2, -0.15) is 0 Å². The average molecular weight is 407 g/mol. The molecule has 0 bridgehead atoms. The fraction of sp³-hybridized carbons (Fsp3) is 0.222.